The Morgan fingerprint density at radius 2 is 1.71 bits per heavy atom. The highest BCUT2D eigenvalue weighted by atomic mass is 32.1. The molecule has 7 rings (SSSR count). The third-order valence-electron chi connectivity index (χ3n) is 6.01. The topological polar surface area (TPSA) is 70.7 Å². The fourth-order valence-electron chi connectivity index (χ4n) is 4.37. The molecule has 0 fully saturated rings. The molecule has 0 atom stereocenters. The molecule has 4 heterocycles. The number of ether oxygens (including phenoxy) is 2. The van der Waals surface area contributed by atoms with Crippen LogP contribution in [0.15, 0.2) is 83.8 Å². The molecule has 1 aliphatic rings. The lowest BCUT2D eigenvalue weighted by Crippen LogP contribution is -2.22. The van der Waals surface area contributed by atoms with Gasteiger partial charge in [-0.3, -0.25) is 4.79 Å². The van der Waals surface area contributed by atoms with E-state index in [9.17, 15) is 4.79 Å². The Balaban J connectivity index is 1.44. The van der Waals surface area contributed by atoms with Crippen molar-refractivity contribution >= 4 is 33.4 Å². The zero-order chi connectivity index (χ0) is 23.4. The van der Waals surface area contributed by atoms with Crippen LogP contribution in [0.5, 0.6) is 11.5 Å². The number of thiazole rings is 1. The van der Waals surface area contributed by atoms with Gasteiger partial charge in [0, 0.05) is 17.3 Å². The van der Waals surface area contributed by atoms with Gasteiger partial charge in [0.1, 0.15) is 18.9 Å². The number of rotatable bonds is 3. The van der Waals surface area contributed by atoms with Crippen LogP contribution < -0.4 is 19.6 Å². The van der Waals surface area contributed by atoms with Gasteiger partial charge in [0.05, 0.1) is 21.3 Å². The van der Waals surface area contributed by atoms with E-state index in [0.29, 0.717) is 28.5 Å². The van der Waals surface area contributed by atoms with E-state index in [-0.39, 0.29) is 5.56 Å². The van der Waals surface area contributed by atoms with Gasteiger partial charge in [0.15, 0.2) is 16.5 Å². The first-order valence-corrected chi connectivity index (χ1v) is 12.0. The minimum Gasteiger partial charge on any atom is -0.486 e. The summed E-state index contributed by atoms with van der Waals surface area (Å²) in [6.45, 7) is 1.05. The number of para-hydroxylation sites is 3. The minimum atomic E-state index is -0.0840. The van der Waals surface area contributed by atoms with Crippen molar-refractivity contribution in [1.29, 1.82) is 0 Å². The first-order chi connectivity index (χ1) is 17.2. The molecule has 6 aromatic rings. The number of imidazole rings is 1. The van der Waals surface area contributed by atoms with Crippen molar-refractivity contribution in [2.45, 2.75) is 0 Å². The molecule has 0 unspecified atom stereocenters. The summed E-state index contributed by atoms with van der Waals surface area (Å²) < 4.78 is 15.6. The minimum absolute atomic E-state index is 0.0840. The second kappa shape index (κ2) is 7.82. The predicted molar refractivity (Wildman–Crippen MR) is 136 cm³/mol. The van der Waals surface area contributed by atoms with Crippen LogP contribution in [-0.2, 0) is 0 Å². The third kappa shape index (κ3) is 3.30. The number of benzene rings is 3. The summed E-state index contributed by atoms with van der Waals surface area (Å²) in [6, 6.07) is 23.4. The standard InChI is InChI=1S/C27H18N4O3S/c32-26-24(35-27-28-20-8-4-5-9-21(20)31(26)27)15-18-16-30(19-6-2-1-3-7-19)29-25(18)17-10-11-22-23(14-17)34-13-12-33-22/h1-11,14-16H,12-13H2. The van der Waals surface area contributed by atoms with Gasteiger partial charge in [-0.1, -0.05) is 41.7 Å². The molecule has 8 heteroatoms. The van der Waals surface area contributed by atoms with E-state index in [1.807, 2.05) is 89.8 Å². The Bertz CT molecular complexity index is 1840. The van der Waals surface area contributed by atoms with Gasteiger partial charge in [-0.2, -0.15) is 5.10 Å². The SMILES string of the molecule is O=c1c(=Cc2cn(-c3ccccc3)nc2-c2ccc3c(c2)OCCO3)sc2nc3ccccc3n12. The number of hydrogen-bond acceptors (Lipinski definition) is 6. The summed E-state index contributed by atoms with van der Waals surface area (Å²) in [5.41, 5.74) is 4.94. The lowest BCUT2D eigenvalue weighted by Gasteiger charge is -2.18. The predicted octanol–water partition coefficient (Wildman–Crippen LogP) is 4.08. The fourth-order valence-corrected chi connectivity index (χ4v) is 5.35. The average Bonchev–Trinajstić information content (AvgIpc) is 3.57. The van der Waals surface area contributed by atoms with Gasteiger partial charge in [-0.25, -0.2) is 14.1 Å². The third-order valence-corrected chi connectivity index (χ3v) is 6.98. The summed E-state index contributed by atoms with van der Waals surface area (Å²) in [7, 11) is 0. The Morgan fingerprint density at radius 1 is 0.914 bits per heavy atom. The van der Waals surface area contributed by atoms with Crippen molar-refractivity contribution in [3.8, 4) is 28.4 Å². The van der Waals surface area contributed by atoms with Crippen LogP contribution in [0.25, 0.3) is 39.0 Å². The van der Waals surface area contributed by atoms with E-state index in [2.05, 4.69) is 4.98 Å². The molecule has 3 aromatic heterocycles. The van der Waals surface area contributed by atoms with E-state index in [4.69, 9.17) is 14.6 Å². The van der Waals surface area contributed by atoms with Gasteiger partial charge in [-0.15, -0.1) is 0 Å². The Morgan fingerprint density at radius 3 is 2.60 bits per heavy atom. The lowest BCUT2D eigenvalue weighted by atomic mass is 10.1. The van der Waals surface area contributed by atoms with Crippen molar-refractivity contribution in [1.82, 2.24) is 19.2 Å². The van der Waals surface area contributed by atoms with Gasteiger partial charge in [0.25, 0.3) is 5.56 Å². The molecule has 1 aliphatic heterocycles. The summed E-state index contributed by atoms with van der Waals surface area (Å²) in [6.07, 6.45) is 3.84. The number of hydrogen-bond donors (Lipinski definition) is 0. The number of aromatic nitrogens is 4. The second-order valence-electron chi connectivity index (χ2n) is 8.21. The maximum atomic E-state index is 13.4. The fraction of sp³-hybridized carbons (Fsp3) is 0.0741. The molecule has 0 aliphatic carbocycles. The smallest absolute Gasteiger partial charge is 0.274 e. The first kappa shape index (κ1) is 20.0. The van der Waals surface area contributed by atoms with E-state index < -0.39 is 0 Å². The molecule has 0 N–H and O–H groups in total. The van der Waals surface area contributed by atoms with Gasteiger partial charge in [-0.05, 0) is 48.5 Å². The molecular weight excluding hydrogens is 460 g/mol. The van der Waals surface area contributed by atoms with Crippen LogP contribution in [0.2, 0.25) is 0 Å². The first-order valence-electron chi connectivity index (χ1n) is 11.2. The van der Waals surface area contributed by atoms with Crippen LogP contribution in [0.1, 0.15) is 5.56 Å². The zero-order valence-electron chi connectivity index (χ0n) is 18.4. The van der Waals surface area contributed by atoms with Crippen LogP contribution in [0.3, 0.4) is 0 Å². The van der Waals surface area contributed by atoms with Gasteiger partial charge < -0.3 is 9.47 Å². The molecule has 3 aromatic carbocycles. The Labute approximate surface area is 203 Å². The van der Waals surface area contributed by atoms with E-state index in [0.717, 1.165) is 39.3 Å². The quantitative estimate of drug-likeness (QED) is 0.383. The maximum Gasteiger partial charge on any atom is 0.274 e. The Hall–Kier alpha value is -4.43. The molecule has 35 heavy (non-hydrogen) atoms. The zero-order valence-corrected chi connectivity index (χ0v) is 19.2. The summed E-state index contributed by atoms with van der Waals surface area (Å²) >= 11 is 1.38. The highest BCUT2D eigenvalue weighted by Crippen LogP contribution is 2.35. The molecular formula is C27H18N4O3S. The van der Waals surface area contributed by atoms with Crippen LogP contribution in [0.4, 0.5) is 0 Å². The van der Waals surface area contributed by atoms with Gasteiger partial charge >= 0.3 is 0 Å². The Kier molecular flexibility index (Phi) is 4.46. The highest BCUT2D eigenvalue weighted by Gasteiger charge is 2.17. The number of fused-ring (bicyclic) bond motifs is 4. The molecule has 7 nitrogen and oxygen atoms in total. The van der Waals surface area contributed by atoms with E-state index in [1.54, 1.807) is 4.40 Å². The molecule has 0 saturated carbocycles. The van der Waals surface area contributed by atoms with Gasteiger partial charge in [0.2, 0.25) is 0 Å². The van der Waals surface area contributed by atoms with Crippen molar-refractivity contribution in [3.63, 3.8) is 0 Å². The van der Waals surface area contributed by atoms with Crippen molar-refractivity contribution < 1.29 is 9.47 Å². The highest BCUT2D eigenvalue weighted by molar-refractivity contribution is 7.15. The van der Waals surface area contributed by atoms with Crippen molar-refractivity contribution in [2.24, 2.45) is 0 Å². The average molecular weight is 479 g/mol. The van der Waals surface area contributed by atoms with Crippen LogP contribution >= 0.6 is 11.3 Å². The molecule has 0 radical (unpaired) electrons. The lowest BCUT2D eigenvalue weighted by molar-refractivity contribution is 0.171. The van der Waals surface area contributed by atoms with E-state index >= 15 is 0 Å². The molecule has 0 amide bonds. The van der Waals surface area contributed by atoms with Crippen molar-refractivity contribution in [2.75, 3.05) is 13.2 Å². The number of nitrogens with zero attached hydrogens (tertiary/aromatic N) is 4. The van der Waals surface area contributed by atoms with Crippen LogP contribution in [0, 0.1) is 0 Å². The second-order valence-corrected chi connectivity index (χ2v) is 9.22. The summed E-state index contributed by atoms with van der Waals surface area (Å²) in [5.74, 6) is 1.42. The molecule has 0 saturated heterocycles. The van der Waals surface area contributed by atoms with Crippen molar-refractivity contribution in [3.05, 3.63) is 99.4 Å². The van der Waals surface area contributed by atoms with E-state index in [1.165, 1.54) is 11.3 Å². The summed E-state index contributed by atoms with van der Waals surface area (Å²) in [4.78, 5) is 18.7. The summed E-state index contributed by atoms with van der Waals surface area (Å²) in [5, 5.41) is 4.89. The normalized spacial score (nSPS) is 13.7. The van der Waals surface area contributed by atoms with Crippen LogP contribution in [-0.4, -0.2) is 32.4 Å². The molecule has 170 valence electrons. The molecule has 0 bridgehead atoms. The molecule has 0 spiro atoms. The monoisotopic (exact) mass is 478 g/mol. The largest absolute Gasteiger partial charge is 0.486 e. The maximum absolute atomic E-state index is 13.4.